The fraction of sp³-hybridized carbons (Fsp3) is 0.333. The van der Waals surface area contributed by atoms with E-state index in [1.165, 1.54) is 11.8 Å². The Labute approximate surface area is 104 Å². The molecule has 0 unspecified atom stereocenters. The van der Waals surface area contributed by atoms with Crippen molar-refractivity contribution in [3.05, 3.63) is 24.3 Å². The molecule has 3 N–H and O–H groups in total. The third-order valence-corrected chi connectivity index (χ3v) is 3.45. The molecule has 0 atom stereocenters. The Kier molecular flexibility index (Phi) is 3.68. The first-order valence-corrected chi connectivity index (χ1v) is 6.46. The van der Waals surface area contributed by atoms with E-state index in [4.69, 9.17) is 5.73 Å². The average molecular weight is 250 g/mol. The van der Waals surface area contributed by atoms with E-state index in [1.54, 1.807) is 0 Å². The molecular weight excluding hydrogens is 236 g/mol. The number of carbonyl (C=O) groups is 2. The summed E-state index contributed by atoms with van der Waals surface area (Å²) < 4.78 is 0. The number of amides is 2. The van der Waals surface area contributed by atoms with Gasteiger partial charge in [-0.3, -0.25) is 9.59 Å². The van der Waals surface area contributed by atoms with E-state index in [0.29, 0.717) is 0 Å². The van der Waals surface area contributed by atoms with Gasteiger partial charge in [0.1, 0.15) is 0 Å². The Morgan fingerprint density at radius 2 is 2.18 bits per heavy atom. The molecular formula is C12H14N2O2S. The first kappa shape index (κ1) is 12.0. The highest BCUT2D eigenvalue weighted by molar-refractivity contribution is 8.00. The lowest BCUT2D eigenvalue weighted by molar-refractivity contribution is -0.117. The maximum atomic E-state index is 11.6. The zero-order chi connectivity index (χ0) is 12.3. The van der Waals surface area contributed by atoms with Crippen LogP contribution in [0.25, 0.3) is 0 Å². The molecule has 1 fully saturated rings. The number of hydrogen-bond acceptors (Lipinski definition) is 3. The van der Waals surface area contributed by atoms with E-state index in [-0.39, 0.29) is 23.5 Å². The van der Waals surface area contributed by atoms with Crippen molar-refractivity contribution in [1.29, 1.82) is 0 Å². The van der Waals surface area contributed by atoms with E-state index in [1.807, 2.05) is 24.3 Å². The lowest BCUT2D eigenvalue weighted by Gasteiger charge is -2.06. The minimum Gasteiger partial charge on any atom is -0.369 e. The summed E-state index contributed by atoms with van der Waals surface area (Å²) in [5, 5.41) is 2.86. The van der Waals surface area contributed by atoms with E-state index < -0.39 is 0 Å². The van der Waals surface area contributed by atoms with Crippen molar-refractivity contribution in [3.63, 3.8) is 0 Å². The Morgan fingerprint density at radius 3 is 2.82 bits per heavy atom. The van der Waals surface area contributed by atoms with Gasteiger partial charge in [-0.25, -0.2) is 0 Å². The summed E-state index contributed by atoms with van der Waals surface area (Å²) in [4.78, 5) is 23.2. The molecule has 4 nitrogen and oxygen atoms in total. The van der Waals surface area contributed by atoms with Gasteiger partial charge in [0, 0.05) is 16.5 Å². The molecule has 0 spiro atoms. The highest BCUT2D eigenvalue weighted by Crippen LogP contribution is 2.30. The Hall–Kier alpha value is -1.49. The number of thioether (sulfide) groups is 1. The number of anilines is 1. The standard InChI is InChI=1S/C12H14N2O2S/c13-11(15)7-17-10-3-1-2-9(6-10)14-12(16)8-4-5-8/h1-3,6,8H,4-5,7H2,(H2,13,15)(H,14,16). The summed E-state index contributed by atoms with van der Waals surface area (Å²) in [6.07, 6.45) is 1.98. The smallest absolute Gasteiger partial charge is 0.227 e. The van der Waals surface area contributed by atoms with Crippen LogP contribution in [0.5, 0.6) is 0 Å². The number of carbonyl (C=O) groups excluding carboxylic acids is 2. The van der Waals surface area contributed by atoms with E-state index in [9.17, 15) is 9.59 Å². The van der Waals surface area contributed by atoms with Gasteiger partial charge in [0.2, 0.25) is 11.8 Å². The third kappa shape index (κ3) is 3.78. The van der Waals surface area contributed by atoms with Crippen LogP contribution in [0.15, 0.2) is 29.2 Å². The van der Waals surface area contributed by atoms with Crippen LogP contribution in [0.2, 0.25) is 0 Å². The molecule has 5 heteroatoms. The van der Waals surface area contributed by atoms with Gasteiger partial charge in [0.15, 0.2) is 0 Å². The fourth-order valence-electron chi connectivity index (χ4n) is 1.41. The molecule has 0 radical (unpaired) electrons. The van der Waals surface area contributed by atoms with Crippen LogP contribution in [0.1, 0.15) is 12.8 Å². The zero-order valence-electron chi connectivity index (χ0n) is 9.31. The third-order valence-electron chi connectivity index (χ3n) is 2.43. The first-order valence-electron chi connectivity index (χ1n) is 5.47. The number of nitrogens with two attached hydrogens (primary N) is 1. The lowest BCUT2D eigenvalue weighted by Crippen LogP contribution is -2.14. The average Bonchev–Trinajstić information content (AvgIpc) is 3.10. The predicted octanol–water partition coefficient (Wildman–Crippen LogP) is 1.61. The molecule has 0 aliphatic heterocycles. The normalized spacial score (nSPS) is 14.4. The van der Waals surface area contributed by atoms with Crippen molar-refractivity contribution in [3.8, 4) is 0 Å². The molecule has 1 aliphatic carbocycles. The van der Waals surface area contributed by atoms with Crippen LogP contribution in [0, 0.1) is 5.92 Å². The van der Waals surface area contributed by atoms with Crippen molar-refractivity contribution in [2.75, 3.05) is 11.1 Å². The summed E-state index contributed by atoms with van der Waals surface area (Å²) >= 11 is 1.37. The number of nitrogens with one attached hydrogen (secondary N) is 1. The van der Waals surface area contributed by atoms with Gasteiger partial charge < -0.3 is 11.1 Å². The van der Waals surface area contributed by atoms with Gasteiger partial charge in [0.05, 0.1) is 5.75 Å². The molecule has 1 aromatic carbocycles. The van der Waals surface area contributed by atoms with Crippen LogP contribution >= 0.6 is 11.8 Å². The van der Waals surface area contributed by atoms with Crippen LogP contribution in [0.3, 0.4) is 0 Å². The zero-order valence-corrected chi connectivity index (χ0v) is 10.1. The van der Waals surface area contributed by atoms with Gasteiger partial charge >= 0.3 is 0 Å². The summed E-state index contributed by atoms with van der Waals surface area (Å²) in [6.45, 7) is 0. The van der Waals surface area contributed by atoms with Crippen molar-refractivity contribution in [1.82, 2.24) is 0 Å². The van der Waals surface area contributed by atoms with Gasteiger partial charge in [-0.1, -0.05) is 6.07 Å². The van der Waals surface area contributed by atoms with Gasteiger partial charge in [0.25, 0.3) is 0 Å². The lowest BCUT2D eigenvalue weighted by atomic mass is 10.3. The Bertz CT molecular complexity index is 444. The predicted molar refractivity (Wildman–Crippen MR) is 67.7 cm³/mol. The maximum absolute atomic E-state index is 11.6. The second-order valence-corrected chi connectivity index (χ2v) is 5.10. The fourth-order valence-corrected chi connectivity index (χ4v) is 2.10. The minimum absolute atomic E-state index is 0.0852. The summed E-state index contributed by atoms with van der Waals surface area (Å²) in [7, 11) is 0. The molecule has 1 saturated carbocycles. The monoisotopic (exact) mass is 250 g/mol. The molecule has 90 valence electrons. The molecule has 1 aromatic rings. The maximum Gasteiger partial charge on any atom is 0.227 e. The molecule has 0 aromatic heterocycles. The summed E-state index contributed by atoms with van der Waals surface area (Å²) in [5.74, 6) is 0.182. The van der Waals surface area contributed by atoms with Gasteiger partial charge in [-0.15, -0.1) is 11.8 Å². The topological polar surface area (TPSA) is 72.2 Å². The molecule has 0 saturated heterocycles. The van der Waals surface area contributed by atoms with Crippen molar-refractivity contribution in [2.45, 2.75) is 17.7 Å². The second kappa shape index (κ2) is 5.23. The molecule has 0 heterocycles. The summed E-state index contributed by atoms with van der Waals surface area (Å²) in [6, 6.07) is 7.44. The molecule has 2 rings (SSSR count). The van der Waals surface area contributed by atoms with Gasteiger partial charge in [-0.2, -0.15) is 0 Å². The molecule has 2 amide bonds. The number of rotatable bonds is 5. The van der Waals surface area contributed by atoms with Crippen molar-refractivity contribution in [2.24, 2.45) is 11.7 Å². The quantitative estimate of drug-likeness (QED) is 0.780. The Balaban J connectivity index is 1.95. The molecule has 0 bridgehead atoms. The van der Waals surface area contributed by atoms with Crippen LogP contribution in [-0.4, -0.2) is 17.6 Å². The SMILES string of the molecule is NC(=O)CSc1cccc(NC(=O)C2CC2)c1. The van der Waals surface area contributed by atoms with Crippen LogP contribution < -0.4 is 11.1 Å². The first-order chi connectivity index (χ1) is 8.15. The van der Waals surface area contributed by atoms with Crippen LogP contribution in [-0.2, 0) is 9.59 Å². The highest BCUT2D eigenvalue weighted by atomic mass is 32.2. The minimum atomic E-state index is -0.345. The number of primary amides is 1. The van der Waals surface area contributed by atoms with E-state index in [2.05, 4.69) is 5.32 Å². The van der Waals surface area contributed by atoms with E-state index in [0.717, 1.165) is 23.4 Å². The number of benzene rings is 1. The largest absolute Gasteiger partial charge is 0.369 e. The van der Waals surface area contributed by atoms with E-state index >= 15 is 0 Å². The molecule has 17 heavy (non-hydrogen) atoms. The van der Waals surface area contributed by atoms with Crippen LogP contribution in [0.4, 0.5) is 5.69 Å². The molecule has 1 aliphatic rings. The summed E-state index contributed by atoms with van der Waals surface area (Å²) in [5.41, 5.74) is 5.85. The van der Waals surface area contributed by atoms with Crippen molar-refractivity contribution < 1.29 is 9.59 Å². The van der Waals surface area contributed by atoms with Crippen molar-refractivity contribution >= 4 is 29.3 Å². The Morgan fingerprint density at radius 1 is 1.41 bits per heavy atom. The highest BCUT2D eigenvalue weighted by Gasteiger charge is 2.29. The second-order valence-electron chi connectivity index (χ2n) is 4.05. The number of hydrogen-bond donors (Lipinski definition) is 2. The van der Waals surface area contributed by atoms with Gasteiger partial charge in [-0.05, 0) is 31.0 Å².